The quantitative estimate of drug-likeness (QED) is 0.737. The first-order chi connectivity index (χ1) is 13.8. The molecule has 0 amide bonds. The van der Waals surface area contributed by atoms with Crippen LogP contribution in [0.4, 0.5) is 0 Å². The number of rotatable bonds is 4. The van der Waals surface area contributed by atoms with Gasteiger partial charge in [0.1, 0.15) is 17.6 Å². The van der Waals surface area contributed by atoms with Gasteiger partial charge in [-0.25, -0.2) is 0 Å². The van der Waals surface area contributed by atoms with Gasteiger partial charge < -0.3 is 9.47 Å². The van der Waals surface area contributed by atoms with Crippen molar-refractivity contribution in [1.29, 1.82) is 0 Å². The van der Waals surface area contributed by atoms with Gasteiger partial charge in [-0.2, -0.15) is 0 Å². The van der Waals surface area contributed by atoms with Crippen LogP contribution in [0.25, 0.3) is 10.9 Å². The number of nitrogens with zero attached hydrogens (tertiary/aromatic N) is 2. The number of Topliss-reactive ketones (excluding diaryl/α,β-unsaturated/α-hetero) is 1. The molecule has 154 valence electrons. The van der Waals surface area contributed by atoms with E-state index < -0.39 is 11.5 Å². The standard InChI is InChI=1S/C23H28N2O4/c1-23(2,3)22(27)29-21(19-11-14-8-10-25(19)13-20(14)26)16-7-9-24-18-6-5-15(28-4)12-17(16)18/h5-7,9,12,14,19,21H,8,10-11,13H2,1-4H3/t14-,19+,21-/m0/s1. The van der Waals surface area contributed by atoms with Crippen molar-refractivity contribution in [3.63, 3.8) is 0 Å². The lowest BCUT2D eigenvalue weighted by Crippen LogP contribution is -2.56. The Kier molecular flexibility index (Phi) is 5.07. The Bertz CT molecular complexity index is 950. The molecular formula is C23H28N2O4. The minimum atomic E-state index is -0.613. The van der Waals surface area contributed by atoms with Gasteiger partial charge in [-0.1, -0.05) is 0 Å². The first kappa shape index (κ1) is 19.8. The van der Waals surface area contributed by atoms with E-state index in [1.54, 1.807) is 13.3 Å². The first-order valence-corrected chi connectivity index (χ1v) is 10.2. The Morgan fingerprint density at radius 3 is 2.69 bits per heavy atom. The number of pyridine rings is 1. The van der Waals surface area contributed by atoms with Crippen LogP contribution in [0.1, 0.15) is 45.3 Å². The fraction of sp³-hybridized carbons (Fsp3) is 0.522. The number of aromatic nitrogens is 1. The maximum Gasteiger partial charge on any atom is 0.311 e. The minimum absolute atomic E-state index is 0.0189. The van der Waals surface area contributed by atoms with E-state index in [4.69, 9.17) is 9.47 Å². The molecule has 0 aliphatic carbocycles. The number of piperidine rings is 3. The molecule has 4 heterocycles. The maximum atomic E-state index is 12.9. The third-order valence-corrected chi connectivity index (χ3v) is 6.06. The SMILES string of the molecule is COc1ccc2nccc([C@H](OC(=O)C(C)(C)C)[C@H]3C[C@@H]4CCN3CC4=O)c2c1. The molecule has 1 aromatic carbocycles. The van der Waals surface area contributed by atoms with E-state index in [-0.39, 0.29) is 17.9 Å². The van der Waals surface area contributed by atoms with Crippen molar-refractivity contribution in [2.45, 2.75) is 45.8 Å². The molecule has 6 nitrogen and oxygen atoms in total. The summed E-state index contributed by atoms with van der Waals surface area (Å²) in [5.74, 6) is 0.843. The molecule has 6 heteroatoms. The Balaban J connectivity index is 1.80. The van der Waals surface area contributed by atoms with Crippen molar-refractivity contribution in [3.05, 3.63) is 36.0 Å². The number of ketones is 1. The average molecular weight is 396 g/mol. The molecule has 3 aliphatic heterocycles. The number of carbonyl (C=O) groups is 2. The predicted molar refractivity (Wildman–Crippen MR) is 110 cm³/mol. The fourth-order valence-electron chi connectivity index (χ4n) is 4.34. The number of hydrogen-bond donors (Lipinski definition) is 0. The molecule has 3 saturated heterocycles. The molecule has 2 aromatic rings. The molecule has 3 fully saturated rings. The number of methoxy groups -OCH3 is 1. The molecule has 0 N–H and O–H groups in total. The van der Waals surface area contributed by atoms with Gasteiger partial charge in [0.15, 0.2) is 0 Å². The molecule has 3 aliphatic rings. The van der Waals surface area contributed by atoms with Crippen LogP contribution in [0, 0.1) is 11.3 Å². The zero-order chi connectivity index (χ0) is 20.8. The molecule has 5 rings (SSSR count). The van der Waals surface area contributed by atoms with Crippen LogP contribution in [-0.4, -0.2) is 47.9 Å². The molecule has 2 bridgehead atoms. The maximum absolute atomic E-state index is 12.9. The molecule has 0 spiro atoms. The summed E-state index contributed by atoms with van der Waals surface area (Å²) in [5, 5.41) is 0.910. The highest BCUT2D eigenvalue weighted by atomic mass is 16.5. The number of fused-ring (bicyclic) bond motifs is 4. The normalized spacial score (nSPS) is 25.1. The van der Waals surface area contributed by atoms with Gasteiger partial charge >= 0.3 is 5.97 Å². The molecular weight excluding hydrogens is 368 g/mol. The van der Waals surface area contributed by atoms with Gasteiger partial charge in [0.2, 0.25) is 0 Å². The van der Waals surface area contributed by atoms with Gasteiger partial charge in [-0.05, 0) is 64.4 Å². The van der Waals surface area contributed by atoms with Crippen LogP contribution in [0.15, 0.2) is 30.5 Å². The van der Waals surface area contributed by atoms with Crippen LogP contribution in [0.2, 0.25) is 0 Å². The third kappa shape index (κ3) is 3.73. The van der Waals surface area contributed by atoms with E-state index in [2.05, 4.69) is 9.88 Å². The predicted octanol–water partition coefficient (Wildman–Crippen LogP) is 3.54. The molecule has 1 aromatic heterocycles. The van der Waals surface area contributed by atoms with Crippen LogP contribution in [0.5, 0.6) is 5.75 Å². The van der Waals surface area contributed by atoms with E-state index in [9.17, 15) is 9.59 Å². The van der Waals surface area contributed by atoms with Gasteiger partial charge in [-0.3, -0.25) is 19.5 Å². The zero-order valence-electron chi connectivity index (χ0n) is 17.5. The molecule has 29 heavy (non-hydrogen) atoms. The van der Waals surface area contributed by atoms with Crippen molar-refractivity contribution in [3.8, 4) is 5.75 Å². The Labute approximate surface area is 171 Å². The molecule has 0 saturated carbocycles. The summed E-state index contributed by atoms with van der Waals surface area (Å²) in [6.45, 7) is 6.87. The molecule has 4 atom stereocenters. The lowest BCUT2D eigenvalue weighted by Gasteiger charge is -2.47. The minimum Gasteiger partial charge on any atom is -0.497 e. The van der Waals surface area contributed by atoms with E-state index >= 15 is 0 Å². The molecule has 1 unspecified atom stereocenters. The lowest BCUT2D eigenvalue weighted by molar-refractivity contribution is -0.166. The largest absolute Gasteiger partial charge is 0.497 e. The number of ether oxygens (including phenoxy) is 2. The van der Waals surface area contributed by atoms with Crippen LogP contribution in [-0.2, 0) is 14.3 Å². The Morgan fingerprint density at radius 2 is 2.07 bits per heavy atom. The van der Waals surface area contributed by atoms with Crippen molar-refractivity contribution in [2.24, 2.45) is 11.3 Å². The zero-order valence-corrected chi connectivity index (χ0v) is 17.5. The van der Waals surface area contributed by atoms with Crippen molar-refractivity contribution < 1.29 is 19.1 Å². The highest BCUT2D eigenvalue weighted by Crippen LogP contribution is 2.41. The summed E-state index contributed by atoms with van der Waals surface area (Å²) in [6.07, 6.45) is 2.90. The number of carbonyl (C=O) groups excluding carboxylic acids is 2. The summed E-state index contributed by atoms with van der Waals surface area (Å²) >= 11 is 0. The van der Waals surface area contributed by atoms with Gasteiger partial charge in [0.25, 0.3) is 0 Å². The van der Waals surface area contributed by atoms with Crippen molar-refractivity contribution in [2.75, 3.05) is 20.2 Å². The van der Waals surface area contributed by atoms with Crippen LogP contribution >= 0.6 is 0 Å². The molecule has 0 radical (unpaired) electrons. The summed E-state index contributed by atoms with van der Waals surface area (Å²) in [7, 11) is 1.63. The highest BCUT2D eigenvalue weighted by molar-refractivity contribution is 5.86. The number of benzene rings is 1. The second-order valence-electron chi connectivity index (χ2n) is 9.08. The second kappa shape index (κ2) is 7.41. The van der Waals surface area contributed by atoms with Crippen LogP contribution in [0.3, 0.4) is 0 Å². The summed E-state index contributed by atoms with van der Waals surface area (Å²) in [4.78, 5) is 31.8. The summed E-state index contributed by atoms with van der Waals surface area (Å²) in [5.41, 5.74) is 1.13. The van der Waals surface area contributed by atoms with Gasteiger partial charge in [0, 0.05) is 23.1 Å². The first-order valence-electron chi connectivity index (χ1n) is 10.2. The highest BCUT2D eigenvalue weighted by Gasteiger charge is 2.45. The van der Waals surface area contributed by atoms with E-state index in [1.807, 2.05) is 45.0 Å². The Hall–Kier alpha value is -2.47. The summed E-state index contributed by atoms with van der Waals surface area (Å²) < 4.78 is 11.6. The van der Waals surface area contributed by atoms with Crippen LogP contribution < -0.4 is 4.74 Å². The smallest absolute Gasteiger partial charge is 0.311 e. The lowest BCUT2D eigenvalue weighted by atomic mass is 9.78. The van der Waals surface area contributed by atoms with Crippen molar-refractivity contribution >= 4 is 22.7 Å². The monoisotopic (exact) mass is 396 g/mol. The topological polar surface area (TPSA) is 68.7 Å². The Morgan fingerprint density at radius 1 is 1.28 bits per heavy atom. The van der Waals surface area contributed by atoms with E-state index in [1.165, 1.54) is 0 Å². The third-order valence-electron chi connectivity index (χ3n) is 6.06. The van der Waals surface area contributed by atoms with E-state index in [0.29, 0.717) is 18.7 Å². The summed E-state index contributed by atoms with van der Waals surface area (Å²) in [6, 6.07) is 7.64. The number of hydrogen-bond acceptors (Lipinski definition) is 6. The average Bonchev–Trinajstić information content (AvgIpc) is 2.70. The van der Waals surface area contributed by atoms with Gasteiger partial charge in [0.05, 0.1) is 30.6 Å². The van der Waals surface area contributed by atoms with Crippen molar-refractivity contribution in [1.82, 2.24) is 9.88 Å². The fourth-order valence-corrected chi connectivity index (χ4v) is 4.34. The number of esters is 1. The second-order valence-corrected chi connectivity index (χ2v) is 9.08. The van der Waals surface area contributed by atoms with E-state index in [0.717, 1.165) is 35.2 Å². The van der Waals surface area contributed by atoms with Gasteiger partial charge in [-0.15, -0.1) is 0 Å².